The molecule has 1 unspecified atom stereocenters. The molecule has 1 atom stereocenters. The Bertz CT molecular complexity index is 576. The lowest BCUT2D eigenvalue weighted by Crippen LogP contribution is -2.33. The Kier molecular flexibility index (Phi) is 4.45. The van der Waals surface area contributed by atoms with Gasteiger partial charge in [0, 0.05) is 18.4 Å². The van der Waals surface area contributed by atoms with E-state index in [1.807, 2.05) is 0 Å². The van der Waals surface area contributed by atoms with Gasteiger partial charge in [0.15, 0.2) is 9.84 Å². The van der Waals surface area contributed by atoms with Crippen LogP contribution in [0.1, 0.15) is 28.8 Å². The van der Waals surface area contributed by atoms with Gasteiger partial charge >= 0.3 is 0 Å². The minimum atomic E-state index is -3.07. The van der Waals surface area contributed by atoms with Crippen molar-refractivity contribution in [2.75, 3.05) is 12.8 Å². The molecule has 0 spiro atoms. The number of sulfone groups is 1. The van der Waals surface area contributed by atoms with E-state index in [1.54, 1.807) is 24.3 Å². The summed E-state index contributed by atoms with van der Waals surface area (Å²) >= 11 is 0. The maximum atomic E-state index is 11.8. The molecule has 20 heavy (non-hydrogen) atoms. The van der Waals surface area contributed by atoms with E-state index in [-0.39, 0.29) is 18.2 Å². The zero-order valence-corrected chi connectivity index (χ0v) is 12.2. The fourth-order valence-corrected chi connectivity index (χ4v) is 2.80. The van der Waals surface area contributed by atoms with Crippen LogP contribution < -0.4 is 5.32 Å². The van der Waals surface area contributed by atoms with Crippen molar-refractivity contribution in [1.29, 1.82) is 0 Å². The summed E-state index contributed by atoms with van der Waals surface area (Å²) < 4.78 is 22.3. The number of benzene rings is 1. The molecule has 1 aliphatic rings. The van der Waals surface area contributed by atoms with Crippen LogP contribution >= 0.6 is 0 Å². The number of carbonyl (C=O) groups is 1. The molecule has 0 saturated heterocycles. The third-order valence-electron chi connectivity index (χ3n) is 3.28. The Labute approximate surface area is 118 Å². The van der Waals surface area contributed by atoms with Crippen molar-refractivity contribution in [2.45, 2.75) is 24.7 Å². The molecule has 1 aliphatic carbocycles. The van der Waals surface area contributed by atoms with E-state index in [1.165, 1.54) is 6.26 Å². The number of hydrogen-bond acceptors (Lipinski definition) is 4. The van der Waals surface area contributed by atoms with E-state index in [0.29, 0.717) is 17.0 Å². The third-order valence-corrected chi connectivity index (χ3v) is 4.14. The highest BCUT2D eigenvalue weighted by molar-refractivity contribution is 7.89. The molecular weight excluding hydrogens is 278 g/mol. The van der Waals surface area contributed by atoms with Gasteiger partial charge in [-0.25, -0.2) is 8.42 Å². The van der Waals surface area contributed by atoms with Crippen LogP contribution in [0.5, 0.6) is 0 Å². The Hall–Kier alpha value is -1.40. The quantitative estimate of drug-likeness (QED) is 0.811. The monoisotopic (exact) mass is 297 g/mol. The second-order valence-corrected chi connectivity index (χ2v) is 7.52. The van der Waals surface area contributed by atoms with E-state index in [9.17, 15) is 18.3 Å². The summed E-state index contributed by atoms with van der Waals surface area (Å²) in [5.74, 6) is 0.0398. The number of carbonyl (C=O) groups excluding carboxylic acids is 1. The van der Waals surface area contributed by atoms with Crippen molar-refractivity contribution in [1.82, 2.24) is 5.32 Å². The molecule has 2 N–H and O–H groups in total. The molecule has 0 aromatic heterocycles. The first-order chi connectivity index (χ1) is 9.35. The smallest absolute Gasteiger partial charge is 0.251 e. The molecule has 0 radical (unpaired) electrons. The van der Waals surface area contributed by atoms with Crippen LogP contribution in [0.2, 0.25) is 0 Å². The minimum Gasteiger partial charge on any atom is -0.391 e. The zero-order valence-electron chi connectivity index (χ0n) is 11.4. The summed E-state index contributed by atoms with van der Waals surface area (Å²) in [5, 5.41) is 12.4. The highest BCUT2D eigenvalue weighted by atomic mass is 32.2. The number of amides is 1. The Balaban J connectivity index is 1.89. The van der Waals surface area contributed by atoms with Crippen molar-refractivity contribution < 1.29 is 18.3 Å². The van der Waals surface area contributed by atoms with E-state index >= 15 is 0 Å². The second-order valence-electron chi connectivity index (χ2n) is 5.38. The van der Waals surface area contributed by atoms with Crippen LogP contribution in [0, 0.1) is 5.92 Å². The van der Waals surface area contributed by atoms with Gasteiger partial charge in [-0.2, -0.15) is 0 Å². The fourth-order valence-electron chi connectivity index (χ4n) is 2.00. The molecule has 6 heteroatoms. The first-order valence-electron chi connectivity index (χ1n) is 6.58. The first kappa shape index (κ1) is 15.0. The summed E-state index contributed by atoms with van der Waals surface area (Å²) in [4.78, 5) is 11.8. The lowest BCUT2D eigenvalue weighted by molar-refractivity contribution is 0.0901. The van der Waals surface area contributed by atoms with Gasteiger partial charge in [-0.05, 0) is 36.5 Å². The van der Waals surface area contributed by atoms with Gasteiger partial charge in [0.25, 0.3) is 5.91 Å². The Morgan fingerprint density at radius 2 is 1.95 bits per heavy atom. The van der Waals surface area contributed by atoms with E-state index in [0.717, 1.165) is 12.8 Å². The maximum absolute atomic E-state index is 11.8. The minimum absolute atomic E-state index is 0.0324. The number of nitrogens with one attached hydrogen (secondary N) is 1. The Morgan fingerprint density at radius 1 is 1.35 bits per heavy atom. The average Bonchev–Trinajstić information content (AvgIpc) is 3.18. The lowest BCUT2D eigenvalue weighted by Gasteiger charge is -2.10. The van der Waals surface area contributed by atoms with Crippen LogP contribution in [0.15, 0.2) is 24.3 Å². The van der Waals surface area contributed by atoms with E-state index < -0.39 is 15.9 Å². The van der Waals surface area contributed by atoms with Crippen LogP contribution in [-0.4, -0.2) is 38.3 Å². The number of rotatable bonds is 6. The number of hydrogen-bond donors (Lipinski definition) is 2. The summed E-state index contributed by atoms with van der Waals surface area (Å²) in [6.45, 7) is 0.259. The predicted octanol–water partition coefficient (Wildman–Crippen LogP) is 0.732. The predicted molar refractivity (Wildman–Crippen MR) is 76.1 cm³/mol. The van der Waals surface area contributed by atoms with Crippen molar-refractivity contribution in [3.63, 3.8) is 0 Å². The van der Waals surface area contributed by atoms with Crippen LogP contribution in [-0.2, 0) is 15.6 Å². The molecule has 0 bridgehead atoms. The molecule has 0 heterocycles. The van der Waals surface area contributed by atoms with Gasteiger partial charge in [0.05, 0.1) is 11.9 Å². The number of aliphatic hydroxyl groups is 1. The normalized spacial score (nSPS) is 16.7. The molecule has 1 aromatic carbocycles. The second kappa shape index (κ2) is 5.93. The SMILES string of the molecule is CS(=O)(=O)Cc1ccc(C(=O)NCC(O)C2CC2)cc1. The van der Waals surface area contributed by atoms with Crippen LogP contribution in [0.4, 0.5) is 0 Å². The molecule has 1 amide bonds. The lowest BCUT2D eigenvalue weighted by atomic mass is 10.1. The van der Waals surface area contributed by atoms with Crippen molar-refractivity contribution in [3.05, 3.63) is 35.4 Å². The Morgan fingerprint density at radius 3 is 2.45 bits per heavy atom. The van der Waals surface area contributed by atoms with Gasteiger partial charge in [-0.3, -0.25) is 4.79 Å². The standard InChI is InChI=1S/C14H19NO4S/c1-20(18,19)9-10-2-4-12(5-3-10)14(17)15-8-13(16)11-6-7-11/h2-5,11,13,16H,6-9H2,1H3,(H,15,17). The summed E-state index contributed by atoms with van der Waals surface area (Å²) in [6, 6.07) is 6.46. The van der Waals surface area contributed by atoms with Gasteiger partial charge in [0.1, 0.15) is 0 Å². The van der Waals surface area contributed by atoms with Crippen LogP contribution in [0.3, 0.4) is 0 Å². The molecule has 2 rings (SSSR count). The molecule has 1 saturated carbocycles. The van der Waals surface area contributed by atoms with E-state index in [4.69, 9.17) is 0 Å². The summed E-state index contributed by atoms with van der Waals surface area (Å²) in [6.07, 6.45) is 2.75. The van der Waals surface area contributed by atoms with Crippen LogP contribution in [0.25, 0.3) is 0 Å². The topological polar surface area (TPSA) is 83.5 Å². The summed E-state index contributed by atoms with van der Waals surface area (Å²) in [7, 11) is -3.07. The summed E-state index contributed by atoms with van der Waals surface area (Å²) in [5.41, 5.74) is 1.12. The molecule has 5 nitrogen and oxygen atoms in total. The molecule has 0 aliphatic heterocycles. The largest absolute Gasteiger partial charge is 0.391 e. The average molecular weight is 297 g/mol. The zero-order chi connectivity index (χ0) is 14.8. The van der Waals surface area contributed by atoms with Gasteiger partial charge in [-0.15, -0.1) is 0 Å². The number of aliphatic hydroxyl groups excluding tert-OH is 1. The van der Waals surface area contributed by atoms with Crippen molar-refractivity contribution in [2.24, 2.45) is 5.92 Å². The fraction of sp³-hybridized carbons (Fsp3) is 0.500. The van der Waals surface area contributed by atoms with Crippen molar-refractivity contribution >= 4 is 15.7 Å². The highest BCUT2D eigenvalue weighted by Gasteiger charge is 2.29. The highest BCUT2D eigenvalue weighted by Crippen LogP contribution is 2.32. The molecule has 110 valence electrons. The van der Waals surface area contributed by atoms with Gasteiger partial charge in [0.2, 0.25) is 0 Å². The third kappa shape index (κ3) is 4.61. The van der Waals surface area contributed by atoms with E-state index in [2.05, 4.69) is 5.32 Å². The van der Waals surface area contributed by atoms with Gasteiger partial charge < -0.3 is 10.4 Å². The molecule has 1 fully saturated rings. The molecular formula is C14H19NO4S. The maximum Gasteiger partial charge on any atom is 0.251 e. The first-order valence-corrected chi connectivity index (χ1v) is 8.64. The molecule has 1 aromatic rings. The van der Waals surface area contributed by atoms with Crippen molar-refractivity contribution in [3.8, 4) is 0 Å². The van der Waals surface area contributed by atoms with Gasteiger partial charge in [-0.1, -0.05) is 12.1 Å².